The van der Waals surface area contributed by atoms with Crippen LogP contribution in [0.3, 0.4) is 0 Å². The third-order valence-electron chi connectivity index (χ3n) is 2.05. The second kappa shape index (κ2) is 1.61. The van der Waals surface area contributed by atoms with E-state index in [9.17, 15) is 14.4 Å². The van der Waals surface area contributed by atoms with Gasteiger partial charge >= 0.3 is 17.9 Å². The van der Waals surface area contributed by atoms with Crippen LogP contribution in [0.2, 0.25) is 0 Å². The first-order valence-corrected chi connectivity index (χ1v) is 3.11. The summed E-state index contributed by atoms with van der Waals surface area (Å²) in [6, 6.07) is 0. The van der Waals surface area contributed by atoms with E-state index >= 15 is 0 Å². The maximum Gasteiger partial charge on any atom is 0.318 e. The Kier molecular flexibility index (Phi) is 0.925. The van der Waals surface area contributed by atoms with E-state index in [2.05, 4.69) is 4.74 Å². The highest BCUT2D eigenvalue weighted by Gasteiger charge is 2.70. The zero-order valence-corrected chi connectivity index (χ0v) is 5.31. The van der Waals surface area contributed by atoms with Crippen molar-refractivity contribution in [2.75, 3.05) is 0 Å². The van der Waals surface area contributed by atoms with Crippen molar-refractivity contribution in [3.8, 4) is 0 Å². The first-order valence-electron chi connectivity index (χ1n) is 3.11. The fraction of sp³-hybridized carbons (Fsp3) is 0.500. The van der Waals surface area contributed by atoms with Gasteiger partial charge in [-0.3, -0.25) is 14.4 Å². The smallest absolute Gasteiger partial charge is 0.318 e. The number of carbonyl (C=O) groups is 3. The number of carboxylic acid groups (broad SMARTS) is 1. The fourth-order valence-corrected chi connectivity index (χ4v) is 1.44. The zero-order valence-electron chi connectivity index (χ0n) is 5.31. The molecule has 1 N–H and O–H groups in total. The SMILES string of the molecule is O=C(O)C1[C@H]2C(=O)OC(=O)[C@@H]12. The predicted molar refractivity (Wildman–Crippen MR) is 29.2 cm³/mol. The van der Waals surface area contributed by atoms with Crippen molar-refractivity contribution in [1.29, 1.82) is 0 Å². The molecule has 0 aromatic carbocycles. The molecule has 1 heterocycles. The van der Waals surface area contributed by atoms with Gasteiger partial charge in [0.25, 0.3) is 0 Å². The Bertz CT molecular complexity index is 241. The molecule has 1 unspecified atom stereocenters. The van der Waals surface area contributed by atoms with Crippen LogP contribution < -0.4 is 0 Å². The summed E-state index contributed by atoms with van der Waals surface area (Å²) in [4.78, 5) is 31.6. The Morgan fingerprint density at radius 2 is 1.73 bits per heavy atom. The van der Waals surface area contributed by atoms with Gasteiger partial charge in [-0.25, -0.2) is 0 Å². The number of cyclic esters (lactones) is 2. The van der Waals surface area contributed by atoms with Gasteiger partial charge in [0.05, 0.1) is 17.8 Å². The maximum atomic E-state index is 10.6. The number of hydrogen-bond acceptors (Lipinski definition) is 4. The van der Waals surface area contributed by atoms with Gasteiger partial charge < -0.3 is 9.84 Å². The van der Waals surface area contributed by atoms with Gasteiger partial charge in [-0.1, -0.05) is 0 Å². The number of ether oxygens (including phenoxy) is 1. The average molecular weight is 156 g/mol. The molecule has 0 spiro atoms. The molecule has 2 aliphatic rings. The van der Waals surface area contributed by atoms with Gasteiger partial charge in [-0.2, -0.15) is 0 Å². The number of hydrogen-bond donors (Lipinski definition) is 1. The van der Waals surface area contributed by atoms with Crippen LogP contribution in [0.15, 0.2) is 0 Å². The maximum absolute atomic E-state index is 10.6. The predicted octanol–water partition coefficient (Wildman–Crippen LogP) is -0.983. The van der Waals surface area contributed by atoms with Crippen molar-refractivity contribution in [2.45, 2.75) is 0 Å². The standard InChI is InChI=1S/C6H4O5/c7-4(8)1-2-3(1)6(10)11-5(2)9/h1-3H,(H,7,8)/t1?,2-,3+. The quantitative estimate of drug-likeness (QED) is 0.389. The molecular formula is C6H4O5. The lowest BCUT2D eigenvalue weighted by Gasteiger charge is -1.95. The molecule has 2 rings (SSSR count). The first kappa shape index (κ1) is 6.33. The van der Waals surface area contributed by atoms with Crippen LogP contribution in [-0.2, 0) is 19.1 Å². The van der Waals surface area contributed by atoms with Crippen LogP contribution in [0.1, 0.15) is 0 Å². The Morgan fingerprint density at radius 3 is 2.00 bits per heavy atom. The summed E-state index contributed by atoms with van der Waals surface area (Å²) >= 11 is 0. The third-order valence-corrected chi connectivity index (χ3v) is 2.05. The molecule has 2 fully saturated rings. The minimum Gasteiger partial charge on any atom is -0.481 e. The molecular weight excluding hydrogens is 152 g/mol. The van der Waals surface area contributed by atoms with Crippen LogP contribution >= 0.6 is 0 Å². The van der Waals surface area contributed by atoms with Crippen molar-refractivity contribution < 1.29 is 24.2 Å². The van der Waals surface area contributed by atoms with Gasteiger partial charge in [0, 0.05) is 0 Å². The van der Waals surface area contributed by atoms with E-state index < -0.39 is 35.7 Å². The summed E-state index contributed by atoms with van der Waals surface area (Å²) < 4.78 is 4.16. The molecule has 1 saturated carbocycles. The van der Waals surface area contributed by atoms with E-state index in [4.69, 9.17) is 5.11 Å². The van der Waals surface area contributed by atoms with Gasteiger partial charge in [-0.05, 0) is 0 Å². The summed E-state index contributed by atoms with van der Waals surface area (Å²) in [7, 11) is 0. The van der Waals surface area contributed by atoms with Gasteiger partial charge in [0.15, 0.2) is 0 Å². The van der Waals surface area contributed by atoms with E-state index in [1.807, 2.05) is 0 Å². The Balaban J connectivity index is 2.22. The van der Waals surface area contributed by atoms with Crippen molar-refractivity contribution in [2.24, 2.45) is 17.8 Å². The van der Waals surface area contributed by atoms with Crippen molar-refractivity contribution >= 4 is 17.9 Å². The van der Waals surface area contributed by atoms with E-state index in [0.29, 0.717) is 0 Å². The highest BCUT2D eigenvalue weighted by atomic mass is 16.6. The number of carbonyl (C=O) groups excluding carboxylic acids is 2. The first-order chi connectivity index (χ1) is 5.13. The molecule has 0 aromatic rings. The molecule has 1 aliphatic heterocycles. The number of esters is 2. The van der Waals surface area contributed by atoms with Crippen LogP contribution in [0.4, 0.5) is 0 Å². The summed E-state index contributed by atoms with van der Waals surface area (Å²) in [5.74, 6) is -4.67. The van der Waals surface area contributed by atoms with E-state index in [-0.39, 0.29) is 0 Å². The number of carboxylic acids is 1. The lowest BCUT2D eigenvalue weighted by Crippen LogP contribution is -2.15. The minimum atomic E-state index is -1.09. The summed E-state index contributed by atoms with van der Waals surface area (Å²) in [5.41, 5.74) is 0. The second-order valence-electron chi connectivity index (χ2n) is 2.66. The molecule has 5 nitrogen and oxygen atoms in total. The summed E-state index contributed by atoms with van der Waals surface area (Å²) in [5, 5.41) is 8.43. The molecule has 0 amide bonds. The summed E-state index contributed by atoms with van der Waals surface area (Å²) in [6.07, 6.45) is 0. The molecule has 1 aliphatic carbocycles. The molecule has 0 bridgehead atoms. The monoisotopic (exact) mass is 156 g/mol. The third kappa shape index (κ3) is 0.621. The van der Waals surface area contributed by atoms with Crippen molar-refractivity contribution in [1.82, 2.24) is 0 Å². The zero-order chi connectivity index (χ0) is 8.17. The molecule has 0 radical (unpaired) electrons. The lowest BCUT2D eigenvalue weighted by molar-refractivity contribution is -0.159. The van der Waals surface area contributed by atoms with Crippen molar-refractivity contribution in [3.63, 3.8) is 0 Å². The molecule has 11 heavy (non-hydrogen) atoms. The highest BCUT2D eigenvalue weighted by molar-refractivity contribution is 6.06. The van der Waals surface area contributed by atoms with Crippen LogP contribution in [0.25, 0.3) is 0 Å². The average Bonchev–Trinajstić information content (AvgIpc) is 2.53. The number of aliphatic carboxylic acids is 1. The van der Waals surface area contributed by atoms with Crippen LogP contribution in [0, 0.1) is 17.8 Å². The Morgan fingerprint density at radius 1 is 1.27 bits per heavy atom. The summed E-state index contributed by atoms with van der Waals surface area (Å²) in [6.45, 7) is 0. The molecule has 3 atom stereocenters. The topological polar surface area (TPSA) is 80.7 Å². The van der Waals surface area contributed by atoms with Crippen LogP contribution in [0.5, 0.6) is 0 Å². The largest absolute Gasteiger partial charge is 0.481 e. The van der Waals surface area contributed by atoms with Gasteiger partial charge in [0.1, 0.15) is 0 Å². The van der Waals surface area contributed by atoms with Gasteiger partial charge in [0.2, 0.25) is 0 Å². The molecule has 5 heteroatoms. The minimum absolute atomic E-state index is 0.688. The van der Waals surface area contributed by atoms with Gasteiger partial charge in [-0.15, -0.1) is 0 Å². The number of rotatable bonds is 1. The molecule has 0 aromatic heterocycles. The fourth-order valence-electron chi connectivity index (χ4n) is 1.44. The lowest BCUT2D eigenvalue weighted by atomic mass is 10.3. The number of fused-ring (bicyclic) bond motifs is 1. The normalized spacial score (nSPS) is 39.8. The molecule has 1 saturated heterocycles. The van der Waals surface area contributed by atoms with Crippen molar-refractivity contribution in [3.05, 3.63) is 0 Å². The van der Waals surface area contributed by atoms with E-state index in [1.54, 1.807) is 0 Å². The van der Waals surface area contributed by atoms with E-state index in [0.717, 1.165) is 0 Å². The van der Waals surface area contributed by atoms with Crippen LogP contribution in [-0.4, -0.2) is 23.0 Å². The highest BCUT2D eigenvalue weighted by Crippen LogP contribution is 2.52. The second-order valence-corrected chi connectivity index (χ2v) is 2.66. The Labute approximate surface area is 60.9 Å². The van der Waals surface area contributed by atoms with E-state index in [1.165, 1.54) is 0 Å². The Hall–Kier alpha value is -1.39. The molecule has 58 valence electrons.